The fourth-order valence-electron chi connectivity index (χ4n) is 0.840. The maximum atomic E-state index is 9.09. The molecular weight excluding hydrogens is 154 g/mol. The van der Waals surface area contributed by atoms with Gasteiger partial charge in [-0.05, 0) is 26.0 Å². The number of aromatic hydroxyl groups is 2. The zero-order valence-electron chi connectivity index (χ0n) is 7.07. The van der Waals surface area contributed by atoms with E-state index in [0.717, 1.165) is 5.71 Å². The van der Waals surface area contributed by atoms with Crippen molar-refractivity contribution in [3.05, 3.63) is 18.2 Å². The van der Waals surface area contributed by atoms with Crippen LogP contribution in [0.25, 0.3) is 0 Å². The first-order chi connectivity index (χ1) is 5.59. The second-order valence-corrected chi connectivity index (χ2v) is 2.73. The molecule has 2 N–H and O–H groups in total. The lowest BCUT2D eigenvalue weighted by Gasteiger charge is -1.98. The summed E-state index contributed by atoms with van der Waals surface area (Å²) in [6.07, 6.45) is 0. The quantitative estimate of drug-likeness (QED) is 0.495. The summed E-state index contributed by atoms with van der Waals surface area (Å²) in [5.74, 6) is -0.264. The first-order valence-electron chi connectivity index (χ1n) is 3.63. The minimum Gasteiger partial charge on any atom is -0.504 e. The summed E-state index contributed by atoms with van der Waals surface area (Å²) in [7, 11) is 0. The van der Waals surface area contributed by atoms with Crippen LogP contribution < -0.4 is 0 Å². The highest BCUT2D eigenvalue weighted by molar-refractivity contribution is 5.82. The van der Waals surface area contributed by atoms with E-state index in [0.29, 0.717) is 5.69 Å². The lowest BCUT2D eigenvalue weighted by Crippen LogP contribution is -1.77. The summed E-state index contributed by atoms with van der Waals surface area (Å²) in [6.45, 7) is 3.73. The van der Waals surface area contributed by atoms with E-state index in [1.807, 2.05) is 13.8 Å². The zero-order valence-corrected chi connectivity index (χ0v) is 7.07. The summed E-state index contributed by atoms with van der Waals surface area (Å²) in [5.41, 5.74) is 1.55. The molecule has 3 heteroatoms. The third-order valence-electron chi connectivity index (χ3n) is 1.31. The van der Waals surface area contributed by atoms with Crippen molar-refractivity contribution in [3.63, 3.8) is 0 Å². The van der Waals surface area contributed by atoms with Crippen LogP contribution in [0.2, 0.25) is 0 Å². The predicted octanol–water partition coefficient (Wildman–Crippen LogP) is 2.21. The van der Waals surface area contributed by atoms with E-state index in [2.05, 4.69) is 4.99 Å². The summed E-state index contributed by atoms with van der Waals surface area (Å²) < 4.78 is 0. The largest absolute Gasteiger partial charge is 0.504 e. The minimum atomic E-state index is -0.141. The van der Waals surface area contributed by atoms with Gasteiger partial charge in [-0.1, -0.05) is 0 Å². The van der Waals surface area contributed by atoms with Crippen LogP contribution in [0.15, 0.2) is 23.2 Å². The van der Waals surface area contributed by atoms with Gasteiger partial charge in [0.1, 0.15) is 0 Å². The molecule has 12 heavy (non-hydrogen) atoms. The summed E-state index contributed by atoms with van der Waals surface area (Å²) in [6, 6.07) is 4.47. The molecular formula is C9H11NO2. The van der Waals surface area contributed by atoms with Crippen LogP contribution in [0, 0.1) is 0 Å². The molecule has 64 valence electrons. The topological polar surface area (TPSA) is 52.8 Å². The van der Waals surface area contributed by atoms with Crippen molar-refractivity contribution in [2.24, 2.45) is 4.99 Å². The number of hydrogen-bond donors (Lipinski definition) is 2. The molecule has 1 aromatic rings. The van der Waals surface area contributed by atoms with E-state index in [4.69, 9.17) is 10.2 Å². The SMILES string of the molecule is CC(C)=Nc1ccc(O)c(O)c1. The van der Waals surface area contributed by atoms with Gasteiger partial charge in [-0.25, -0.2) is 0 Å². The maximum absolute atomic E-state index is 9.09. The van der Waals surface area contributed by atoms with Crippen LogP contribution in [-0.2, 0) is 0 Å². The standard InChI is InChI=1S/C9H11NO2/c1-6(2)10-7-3-4-8(11)9(12)5-7/h3-5,11-12H,1-2H3. The first kappa shape index (κ1) is 8.59. The molecule has 1 aromatic carbocycles. The zero-order chi connectivity index (χ0) is 9.14. The van der Waals surface area contributed by atoms with Crippen molar-refractivity contribution in [1.29, 1.82) is 0 Å². The first-order valence-corrected chi connectivity index (χ1v) is 3.63. The smallest absolute Gasteiger partial charge is 0.159 e. The third kappa shape index (κ3) is 1.99. The van der Waals surface area contributed by atoms with Crippen LogP contribution in [-0.4, -0.2) is 15.9 Å². The van der Waals surface area contributed by atoms with Crippen LogP contribution in [0.4, 0.5) is 5.69 Å². The Bertz CT molecular complexity index is 314. The van der Waals surface area contributed by atoms with Gasteiger partial charge in [0.2, 0.25) is 0 Å². The normalized spacial score (nSPS) is 9.50. The van der Waals surface area contributed by atoms with Gasteiger partial charge < -0.3 is 10.2 Å². The van der Waals surface area contributed by atoms with Crippen molar-refractivity contribution in [1.82, 2.24) is 0 Å². The van der Waals surface area contributed by atoms with Crippen molar-refractivity contribution < 1.29 is 10.2 Å². The molecule has 3 nitrogen and oxygen atoms in total. The molecule has 0 atom stereocenters. The summed E-state index contributed by atoms with van der Waals surface area (Å²) in [4.78, 5) is 4.11. The predicted molar refractivity (Wildman–Crippen MR) is 48.2 cm³/mol. The minimum absolute atomic E-state index is 0.122. The van der Waals surface area contributed by atoms with Crippen molar-refractivity contribution >= 4 is 11.4 Å². The molecule has 0 bridgehead atoms. The van der Waals surface area contributed by atoms with E-state index < -0.39 is 0 Å². The van der Waals surface area contributed by atoms with E-state index in [1.54, 1.807) is 6.07 Å². The summed E-state index contributed by atoms with van der Waals surface area (Å²) in [5, 5.41) is 18.1. The molecule has 0 radical (unpaired) electrons. The molecule has 0 aliphatic heterocycles. The Kier molecular flexibility index (Phi) is 2.33. The second-order valence-electron chi connectivity index (χ2n) is 2.73. The Morgan fingerprint density at radius 2 is 1.83 bits per heavy atom. The molecule has 0 aromatic heterocycles. The number of aliphatic imine (C=N–C) groups is 1. The lowest BCUT2D eigenvalue weighted by molar-refractivity contribution is 0.404. The molecule has 0 unspecified atom stereocenters. The molecule has 0 heterocycles. The Morgan fingerprint density at radius 3 is 2.33 bits per heavy atom. The van der Waals surface area contributed by atoms with Crippen molar-refractivity contribution in [3.8, 4) is 11.5 Å². The highest BCUT2D eigenvalue weighted by Gasteiger charge is 1.98. The monoisotopic (exact) mass is 165 g/mol. The fourth-order valence-corrected chi connectivity index (χ4v) is 0.840. The molecule has 0 saturated heterocycles. The van der Waals surface area contributed by atoms with E-state index in [-0.39, 0.29) is 11.5 Å². The third-order valence-corrected chi connectivity index (χ3v) is 1.31. The summed E-state index contributed by atoms with van der Waals surface area (Å²) >= 11 is 0. The number of rotatable bonds is 1. The molecule has 0 amide bonds. The molecule has 0 aliphatic rings. The van der Waals surface area contributed by atoms with E-state index in [1.165, 1.54) is 12.1 Å². The molecule has 0 spiro atoms. The van der Waals surface area contributed by atoms with Gasteiger partial charge >= 0.3 is 0 Å². The fraction of sp³-hybridized carbons (Fsp3) is 0.222. The Hall–Kier alpha value is -1.51. The molecule has 1 rings (SSSR count). The van der Waals surface area contributed by atoms with Crippen LogP contribution in [0.5, 0.6) is 11.5 Å². The second kappa shape index (κ2) is 3.26. The van der Waals surface area contributed by atoms with E-state index >= 15 is 0 Å². The molecule has 0 aliphatic carbocycles. The average Bonchev–Trinajstić information content (AvgIpc) is 1.96. The highest BCUT2D eigenvalue weighted by Crippen LogP contribution is 2.28. The van der Waals surface area contributed by atoms with Gasteiger partial charge in [-0.3, -0.25) is 4.99 Å². The van der Waals surface area contributed by atoms with Gasteiger partial charge in [0.05, 0.1) is 5.69 Å². The molecule has 0 fully saturated rings. The average molecular weight is 165 g/mol. The van der Waals surface area contributed by atoms with Crippen LogP contribution >= 0.6 is 0 Å². The van der Waals surface area contributed by atoms with Crippen molar-refractivity contribution in [2.45, 2.75) is 13.8 Å². The molecule has 0 saturated carbocycles. The number of phenolic OH excluding ortho intramolecular Hbond substituents is 2. The maximum Gasteiger partial charge on any atom is 0.159 e. The Labute approximate surface area is 71.0 Å². The highest BCUT2D eigenvalue weighted by atomic mass is 16.3. The van der Waals surface area contributed by atoms with Crippen LogP contribution in [0.3, 0.4) is 0 Å². The van der Waals surface area contributed by atoms with Gasteiger partial charge in [-0.15, -0.1) is 0 Å². The van der Waals surface area contributed by atoms with Gasteiger partial charge in [0.15, 0.2) is 11.5 Å². The lowest BCUT2D eigenvalue weighted by atomic mass is 10.3. The van der Waals surface area contributed by atoms with Gasteiger partial charge in [0.25, 0.3) is 0 Å². The van der Waals surface area contributed by atoms with Gasteiger partial charge in [0, 0.05) is 11.8 Å². The Morgan fingerprint density at radius 1 is 1.17 bits per heavy atom. The number of hydrogen-bond acceptors (Lipinski definition) is 3. The number of phenols is 2. The van der Waals surface area contributed by atoms with E-state index in [9.17, 15) is 0 Å². The number of benzene rings is 1. The number of nitrogens with zero attached hydrogens (tertiary/aromatic N) is 1. The van der Waals surface area contributed by atoms with Gasteiger partial charge in [-0.2, -0.15) is 0 Å². The van der Waals surface area contributed by atoms with Crippen molar-refractivity contribution in [2.75, 3.05) is 0 Å². The van der Waals surface area contributed by atoms with Crippen LogP contribution in [0.1, 0.15) is 13.8 Å². The Balaban J connectivity index is 3.05.